The minimum Gasteiger partial charge on any atom is -0.328 e. The predicted octanol–water partition coefficient (Wildman–Crippen LogP) is 2.14. The second-order valence-electron chi connectivity index (χ2n) is 3.48. The summed E-state index contributed by atoms with van der Waals surface area (Å²) in [4.78, 5) is 0. The molecular weight excluding hydrogens is 206 g/mol. The molecule has 0 aliphatic heterocycles. The first kappa shape index (κ1) is 15.8. The van der Waals surface area contributed by atoms with Crippen molar-refractivity contribution in [2.45, 2.75) is 46.5 Å². The molecule has 4 heteroatoms. The van der Waals surface area contributed by atoms with Crippen LogP contribution in [0.5, 0.6) is 0 Å². The Morgan fingerprint density at radius 1 is 0.812 bits per heavy atom. The Bertz CT molecular complexity index is 136. The molecule has 0 radical (unpaired) electrons. The Morgan fingerprint density at radius 2 is 1.31 bits per heavy atom. The van der Waals surface area contributed by atoms with Crippen LogP contribution in [0.2, 0.25) is 0 Å². The zero-order valence-corrected chi connectivity index (χ0v) is 11.2. The summed E-state index contributed by atoms with van der Waals surface area (Å²) in [6.07, 6.45) is 1.84. The molecule has 0 bridgehead atoms. The van der Waals surface area contributed by atoms with Gasteiger partial charge in [-0.05, 0) is 33.7 Å². The second-order valence-corrected chi connectivity index (χ2v) is 3.48. The molecule has 0 aromatic rings. The molecule has 0 aromatic heterocycles. The van der Waals surface area contributed by atoms with Gasteiger partial charge in [-0.25, -0.2) is 0 Å². The highest BCUT2D eigenvalue weighted by molar-refractivity contribution is 4.60. The average molecular weight is 233 g/mol. The molecule has 0 fully saturated rings. The van der Waals surface area contributed by atoms with Gasteiger partial charge in [0.05, 0.1) is 0 Å². The van der Waals surface area contributed by atoms with Gasteiger partial charge in [-0.1, -0.05) is 6.92 Å². The quantitative estimate of drug-likeness (QED) is 0.438. The van der Waals surface area contributed by atoms with Crippen LogP contribution in [0.25, 0.3) is 0 Å². The molecule has 16 heavy (non-hydrogen) atoms. The van der Waals surface area contributed by atoms with Crippen LogP contribution < -0.4 is 5.32 Å². The summed E-state index contributed by atoms with van der Waals surface area (Å²) in [7, 11) is 0. The van der Waals surface area contributed by atoms with E-state index in [2.05, 4.69) is 12.2 Å². The average Bonchev–Trinajstić information content (AvgIpc) is 2.26. The first-order chi connectivity index (χ1) is 7.74. The number of nitrogens with one attached hydrogen (secondary N) is 1. The summed E-state index contributed by atoms with van der Waals surface area (Å²) in [6, 6.07) is 0. The fourth-order valence-electron chi connectivity index (χ4n) is 1.54. The highest BCUT2D eigenvalue weighted by Crippen LogP contribution is 2.19. The van der Waals surface area contributed by atoms with Crippen LogP contribution in [0.4, 0.5) is 0 Å². The van der Waals surface area contributed by atoms with E-state index in [1.54, 1.807) is 0 Å². The molecule has 1 N–H and O–H groups in total. The van der Waals surface area contributed by atoms with Gasteiger partial charge >= 0.3 is 0 Å². The summed E-state index contributed by atoms with van der Waals surface area (Å²) in [5.74, 6) is -0.862. The third-order valence-corrected chi connectivity index (χ3v) is 2.13. The molecule has 0 unspecified atom stereocenters. The second kappa shape index (κ2) is 10.0. The van der Waals surface area contributed by atoms with Crippen LogP contribution in [0, 0.1) is 0 Å². The van der Waals surface area contributed by atoms with E-state index >= 15 is 0 Å². The maximum atomic E-state index is 5.61. The predicted molar refractivity (Wildman–Crippen MR) is 65.4 cm³/mol. The summed E-state index contributed by atoms with van der Waals surface area (Å²) in [6.45, 7) is 11.6. The van der Waals surface area contributed by atoms with E-state index < -0.39 is 5.97 Å². The van der Waals surface area contributed by atoms with Crippen molar-refractivity contribution in [3.8, 4) is 0 Å². The molecule has 0 saturated heterocycles. The fourth-order valence-corrected chi connectivity index (χ4v) is 1.54. The van der Waals surface area contributed by atoms with Gasteiger partial charge in [0, 0.05) is 32.8 Å². The number of hydrogen-bond donors (Lipinski definition) is 1. The lowest BCUT2D eigenvalue weighted by Gasteiger charge is -2.32. The van der Waals surface area contributed by atoms with Crippen molar-refractivity contribution in [1.82, 2.24) is 5.32 Å². The minimum absolute atomic E-state index is 0.591. The molecule has 0 aliphatic carbocycles. The first-order valence-electron chi connectivity index (χ1n) is 6.37. The van der Waals surface area contributed by atoms with Crippen molar-refractivity contribution in [2.75, 3.05) is 32.9 Å². The van der Waals surface area contributed by atoms with Gasteiger partial charge in [0.15, 0.2) is 0 Å². The Hall–Kier alpha value is -0.160. The third-order valence-electron chi connectivity index (χ3n) is 2.13. The van der Waals surface area contributed by atoms with Crippen molar-refractivity contribution in [3.05, 3.63) is 0 Å². The summed E-state index contributed by atoms with van der Waals surface area (Å²) >= 11 is 0. The Balaban J connectivity index is 4.12. The third kappa shape index (κ3) is 6.43. The molecule has 4 nitrogen and oxygen atoms in total. The van der Waals surface area contributed by atoms with E-state index in [1.165, 1.54) is 0 Å². The Morgan fingerprint density at radius 3 is 1.69 bits per heavy atom. The molecule has 0 saturated carbocycles. The summed E-state index contributed by atoms with van der Waals surface area (Å²) in [5, 5.41) is 3.33. The molecule has 0 amide bonds. The van der Waals surface area contributed by atoms with E-state index in [-0.39, 0.29) is 0 Å². The molecule has 0 spiro atoms. The normalized spacial score (nSPS) is 12.0. The van der Waals surface area contributed by atoms with Gasteiger partial charge in [-0.2, -0.15) is 0 Å². The van der Waals surface area contributed by atoms with Crippen LogP contribution in [0.1, 0.15) is 40.5 Å². The van der Waals surface area contributed by atoms with Gasteiger partial charge in [0.1, 0.15) is 0 Å². The van der Waals surface area contributed by atoms with Crippen LogP contribution >= 0.6 is 0 Å². The fraction of sp³-hybridized carbons (Fsp3) is 1.00. The minimum atomic E-state index is -0.862. The molecule has 98 valence electrons. The van der Waals surface area contributed by atoms with Gasteiger partial charge in [-0.3, -0.25) is 0 Å². The number of rotatable bonds is 11. The topological polar surface area (TPSA) is 39.7 Å². The van der Waals surface area contributed by atoms with Crippen LogP contribution in [-0.2, 0) is 14.2 Å². The first-order valence-corrected chi connectivity index (χ1v) is 6.37. The molecule has 0 aromatic carbocycles. The Kier molecular flexibility index (Phi) is 9.92. The van der Waals surface area contributed by atoms with Crippen molar-refractivity contribution in [1.29, 1.82) is 0 Å². The van der Waals surface area contributed by atoms with Crippen LogP contribution in [0.3, 0.4) is 0 Å². The van der Waals surface area contributed by atoms with Gasteiger partial charge < -0.3 is 19.5 Å². The lowest BCUT2D eigenvalue weighted by Crippen LogP contribution is -2.42. The monoisotopic (exact) mass is 233 g/mol. The van der Waals surface area contributed by atoms with Crippen molar-refractivity contribution in [3.63, 3.8) is 0 Å². The zero-order valence-electron chi connectivity index (χ0n) is 11.2. The lowest BCUT2D eigenvalue weighted by molar-refractivity contribution is -0.378. The highest BCUT2D eigenvalue weighted by Gasteiger charge is 2.31. The van der Waals surface area contributed by atoms with Crippen molar-refractivity contribution in [2.24, 2.45) is 0 Å². The SMILES string of the molecule is CCCNCCC(OCC)(OCC)OCC. The lowest BCUT2D eigenvalue weighted by atomic mass is 10.3. The maximum absolute atomic E-state index is 5.61. The smallest absolute Gasteiger partial charge is 0.284 e. The molecule has 0 heterocycles. The number of ether oxygens (including phenoxy) is 3. The molecule has 0 rings (SSSR count). The van der Waals surface area contributed by atoms with Gasteiger partial charge in [0.2, 0.25) is 0 Å². The van der Waals surface area contributed by atoms with Crippen molar-refractivity contribution < 1.29 is 14.2 Å². The van der Waals surface area contributed by atoms with Crippen LogP contribution in [0.15, 0.2) is 0 Å². The van der Waals surface area contributed by atoms with Crippen LogP contribution in [-0.4, -0.2) is 38.9 Å². The van der Waals surface area contributed by atoms with Gasteiger partial charge in [0.25, 0.3) is 5.97 Å². The Labute approximate surface area is 99.6 Å². The number of hydrogen-bond acceptors (Lipinski definition) is 4. The van der Waals surface area contributed by atoms with E-state index in [9.17, 15) is 0 Å². The highest BCUT2D eigenvalue weighted by atomic mass is 16.9. The maximum Gasteiger partial charge on any atom is 0.284 e. The standard InChI is InChI=1S/C12H27NO3/c1-5-10-13-11-9-12(14-6-2,15-7-3)16-8-4/h13H,5-11H2,1-4H3. The zero-order chi connectivity index (χ0) is 12.3. The summed E-state index contributed by atoms with van der Waals surface area (Å²) < 4.78 is 16.8. The molecular formula is C12H27NO3. The van der Waals surface area contributed by atoms with E-state index in [0.717, 1.165) is 19.5 Å². The van der Waals surface area contributed by atoms with E-state index in [0.29, 0.717) is 26.2 Å². The molecule has 0 aliphatic rings. The van der Waals surface area contributed by atoms with E-state index in [1.807, 2.05) is 20.8 Å². The van der Waals surface area contributed by atoms with Crippen molar-refractivity contribution >= 4 is 0 Å². The largest absolute Gasteiger partial charge is 0.328 e. The summed E-state index contributed by atoms with van der Waals surface area (Å²) in [5.41, 5.74) is 0. The molecule has 0 atom stereocenters. The van der Waals surface area contributed by atoms with E-state index in [4.69, 9.17) is 14.2 Å². The van der Waals surface area contributed by atoms with Gasteiger partial charge in [-0.15, -0.1) is 0 Å².